The quantitative estimate of drug-likeness (QED) is 0.819. The van der Waals surface area contributed by atoms with Gasteiger partial charge in [0.25, 0.3) is 0 Å². The zero-order chi connectivity index (χ0) is 14.5. The summed E-state index contributed by atoms with van der Waals surface area (Å²) in [6, 6.07) is 6.02. The predicted octanol–water partition coefficient (Wildman–Crippen LogP) is 4.21. The van der Waals surface area contributed by atoms with E-state index in [0.717, 1.165) is 5.69 Å². The minimum atomic E-state index is 0.470. The van der Waals surface area contributed by atoms with Crippen LogP contribution < -0.4 is 15.4 Å². The van der Waals surface area contributed by atoms with E-state index in [2.05, 4.69) is 17.6 Å². The van der Waals surface area contributed by atoms with E-state index in [-0.39, 0.29) is 0 Å². The van der Waals surface area contributed by atoms with Gasteiger partial charge < -0.3 is 15.4 Å². The third-order valence-corrected chi connectivity index (χ3v) is 4.35. The second-order valence-corrected chi connectivity index (χ2v) is 6.13. The van der Waals surface area contributed by atoms with Crippen molar-refractivity contribution < 1.29 is 4.74 Å². The van der Waals surface area contributed by atoms with Crippen molar-refractivity contribution in [1.29, 1.82) is 0 Å². The molecular weight excluding hydrogens is 292 g/mol. The molecule has 0 unspecified atom stereocenters. The lowest BCUT2D eigenvalue weighted by molar-refractivity contribution is 0.309. The van der Waals surface area contributed by atoms with Crippen LogP contribution in [0.25, 0.3) is 0 Å². The molecule has 1 aliphatic carbocycles. The number of nitrogens with one attached hydrogen (secondary N) is 2. The molecule has 1 aromatic rings. The highest BCUT2D eigenvalue weighted by Crippen LogP contribution is 2.27. The van der Waals surface area contributed by atoms with Crippen molar-refractivity contribution in [1.82, 2.24) is 5.32 Å². The van der Waals surface area contributed by atoms with Crippen LogP contribution in [0.5, 0.6) is 5.75 Å². The zero-order valence-corrected chi connectivity index (χ0v) is 13.5. The van der Waals surface area contributed by atoms with Crippen molar-refractivity contribution in [3.8, 4) is 5.75 Å². The highest BCUT2D eigenvalue weighted by molar-refractivity contribution is 7.80. The SMILES string of the molecule is COc1ccc(NC(=S)N[C@H]2CCCC[C@@H]2C)cc1Cl. The van der Waals surface area contributed by atoms with Crippen LogP contribution in [0.4, 0.5) is 5.69 Å². The molecule has 0 radical (unpaired) electrons. The number of rotatable bonds is 3. The zero-order valence-electron chi connectivity index (χ0n) is 11.9. The molecular formula is C15H21ClN2OS. The summed E-state index contributed by atoms with van der Waals surface area (Å²) in [5.74, 6) is 1.33. The van der Waals surface area contributed by atoms with Crippen molar-refractivity contribution in [2.45, 2.75) is 38.6 Å². The first-order valence-corrected chi connectivity index (χ1v) is 7.80. The Morgan fingerprint density at radius 1 is 1.35 bits per heavy atom. The number of hydrogen-bond donors (Lipinski definition) is 2. The Morgan fingerprint density at radius 3 is 2.75 bits per heavy atom. The van der Waals surface area contributed by atoms with Gasteiger partial charge in [-0.05, 0) is 49.2 Å². The summed E-state index contributed by atoms with van der Waals surface area (Å²) in [6.07, 6.45) is 5.06. The van der Waals surface area contributed by atoms with Gasteiger partial charge in [-0.15, -0.1) is 0 Å². The Balaban J connectivity index is 1.92. The third kappa shape index (κ3) is 4.00. The number of benzene rings is 1. The van der Waals surface area contributed by atoms with Crippen LogP contribution in [0.2, 0.25) is 5.02 Å². The maximum Gasteiger partial charge on any atom is 0.171 e. The van der Waals surface area contributed by atoms with Crippen molar-refractivity contribution in [2.75, 3.05) is 12.4 Å². The van der Waals surface area contributed by atoms with Gasteiger partial charge >= 0.3 is 0 Å². The van der Waals surface area contributed by atoms with Gasteiger partial charge in [0.2, 0.25) is 0 Å². The first-order valence-electron chi connectivity index (χ1n) is 7.01. The topological polar surface area (TPSA) is 33.3 Å². The molecule has 1 aliphatic rings. The van der Waals surface area contributed by atoms with Crippen LogP contribution >= 0.6 is 23.8 Å². The van der Waals surface area contributed by atoms with Crippen LogP contribution in [-0.4, -0.2) is 18.3 Å². The van der Waals surface area contributed by atoms with E-state index in [0.29, 0.717) is 27.8 Å². The monoisotopic (exact) mass is 312 g/mol. The Hall–Kier alpha value is -1.00. The Morgan fingerprint density at radius 2 is 2.10 bits per heavy atom. The number of hydrogen-bond acceptors (Lipinski definition) is 2. The Labute approximate surface area is 131 Å². The van der Waals surface area contributed by atoms with Gasteiger partial charge in [-0.25, -0.2) is 0 Å². The predicted molar refractivity (Wildman–Crippen MR) is 88.8 cm³/mol. The van der Waals surface area contributed by atoms with E-state index >= 15 is 0 Å². The summed E-state index contributed by atoms with van der Waals surface area (Å²) in [5.41, 5.74) is 0.872. The molecule has 0 aliphatic heterocycles. The molecule has 0 saturated heterocycles. The molecule has 5 heteroatoms. The molecule has 2 N–H and O–H groups in total. The van der Waals surface area contributed by atoms with Crippen molar-refractivity contribution >= 4 is 34.6 Å². The fraction of sp³-hybridized carbons (Fsp3) is 0.533. The molecule has 20 heavy (non-hydrogen) atoms. The Bertz CT molecular complexity index is 481. The number of methoxy groups -OCH3 is 1. The third-order valence-electron chi connectivity index (χ3n) is 3.84. The van der Waals surface area contributed by atoms with E-state index in [1.807, 2.05) is 18.2 Å². The van der Waals surface area contributed by atoms with Crippen LogP contribution in [0, 0.1) is 5.92 Å². The summed E-state index contributed by atoms with van der Waals surface area (Å²) < 4.78 is 5.13. The number of halogens is 1. The van der Waals surface area contributed by atoms with E-state index < -0.39 is 0 Å². The number of thiocarbonyl (C=S) groups is 1. The lowest BCUT2D eigenvalue weighted by Gasteiger charge is -2.30. The van der Waals surface area contributed by atoms with Crippen LogP contribution in [0.1, 0.15) is 32.6 Å². The van der Waals surface area contributed by atoms with Gasteiger partial charge in [-0.3, -0.25) is 0 Å². The average Bonchev–Trinajstić information content (AvgIpc) is 2.41. The maximum absolute atomic E-state index is 6.10. The summed E-state index contributed by atoms with van der Waals surface area (Å²) in [4.78, 5) is 0. The van der Waals surface area contributed by atoms with Crippen LogP contribution in [-0.2, 0) is 0 Å². The van der Waals surface area contributed by atoms with Gasteiger partial charge in [0.15, 0.2) is 5.11 Å². The minimum Gasteiger partial charge on any atom is -0.495 e. The normalized spacial score (nSPS) is 22.1. The summed E-state index contributed by atoms with van der Waals surface area (Å²) >= 11 is 11.5. The largest absolute Gasteiger partial charge is 0.495 e. The van der Waals surface area contributed by atoms with Crippen molar-refractivity contribution in [3.63, 3.8) is 0 Å². The molecule has 110 valence electrons. The highest BCUT2D eigenvalue weighted by atomic mass is 35.5. The van der Waals surface area contributed by atoms with Gasteiger partial charge in [0.05, 0.1) is 12.1 Å². The fourth-order valence-electron chi connectivity index (χ4n) is 2.61. The molecule has 0 heterocycles. The van der Waals surface area contributed by atoms with E-state index in [4.69, 9.17) is 28.6 Å². The van der Waals surface area contributed by atoms with Crippen molar-refractivity contribution in [3.05, 3.63) is 23.2 Å². The summed E-state index contributed by atoms with van der Waals surface area (Å²) in [5, 5.41) is 7.83. The molecule has 1 fully saturated rings. The molecule has 2 rings (SSSR count). The lowest BCUT2D eigenvalue weighted by atomic mass is 9.86. The van der Waals surface area contributed by atoms with Gasteiger partial charge in [-0.2, -0.15) is 0 Å². The first-order chi connectivity index (χ1) is 9.60. The molecule has 2 atom stereocenters. The molecule has 0 bridgehead atoms. The second kappa shape index (κ2) is 7.14. The van der Waals surface area contributed by atoms with Gasteiger partial charge in [-0.1, -0.05) is 31.4 Å². The molecule has 1 aromatic carbocycles. The summed E-state index contributed by atoms with van der Waals surface area (Å²) in [6.45, 7) is 2.28. The number of anilines is 1. The summed E-state index contributed by atoms with van der Waals surface area (Å²) in [7, 11) is 1.60. The van der Waals surface area contributed by atoms with Crippen molar-refractivity contribution in [2.24, 2.45) is 5.92 Å². The van der Waals surface area contributed by atoms with Gasteiger partial charge in [0, 0.05) is 11.7 Å². The fourth-order valence-corrected chi connectivity index (χ4v) is 3.14. The molecule has 0 spiro atoms. The standard InChI is InChI=1S/C15H21ClN2OS/c1-10-5-3-4-6-13(10)18-15(20)17-11-7-8-14(19-2)12(16)9-11/h7-10,13H,3-6H2,1-2H3,(H2,17,18,20)/t10-,13-/m0/s1. The van der Waals surface area contributed by atoms with Gasteiger partial charge in [0.1, 0.15) is 5.75 Å². The molecule has 3 nitrogen and oxygen atoms in total. The van der Waals surface area contributed by atoms with E-state index in [9.17, 15) is 0 Å². The molecule has 0 amide bonds. The number of ether oxygens (including phenoxy) is 1. The minimum absolute atomic E-state index is 0.470. The van der Waals surface area contributed by atoms with Crippen LogP contribution in [0.15, 0.2) is 18.2 Å². The smallest absolute Gasteiger partial charge is 0.171 e. The van der Waals surface area contributed by atoms with E-state index in [1.165, 1.54) is 25.7 Å². The lowest BCUT2D eigenvalue weighted by Crippen LogP contribution is -2.43. The average molecular weight is 313 g/mol. The van der Waals surface area contributed by atoms with E-state index in [1.54, 1.807) is 7.11 Å². The first kappa shape index (κ1) is 15.4. The highest BCUT2D eigenvalue weighted by Gasteiger charge is 2.21. The second-order valence-electron chi connectivity index (χ2n) is 5.32. The molecule has 0 aromatic heterocycles. The Kier molecular flexibility index (Phi) is 5.49. The maximum atomic E-state index is 6.10. The molecule has 1 saturated carbocycles. The van der Waals surface area contributed by atoms with Crippen LogP contribution in [0.3, 0.4) is 0 Å².